The predicted octanol–water partition coefficient (Wildman–Crippen LogP) is 3.64. The van der Waals surface area contributed by atoms with Gasteiger partial charge in [-0.2, -0.15) is 0 Å². The van der Waals surface area contributed by atoms with Crippen LogP contribution < -0.4 is 0 Å². The van der Waals surface area contributed by atoms with E-state index in [1.54, 1.807) is 0 Å². The van der Waals surface area contributed by atoms with Crippen molar-refractivity contribution in [3.63, 3.8) is 0 Å². The van der Waals surface area contributed by atoms with Crippen LogP contribution in [0.1, 0.15) is 26.3 Å². The first-order chi connectivity index (χ1) is 5.63. The van der Waals surface area contributed by atoms with Crippen molar-refractivity contribution in [2.24, 2.45) is 5.92 Å². The molecule has 0 bridgehead atoms. The molecular formula is C10H14ClN. The van der Waals surface area contributed by atoms with Crippen LogP contribution in [-0.4, -0.2) is 4.98 Å². The fourth-order valence-corrected chi connectivity index (χ4v) is 1.28. The number of halogens is 1. The van der Waals surface area contributed by atoms with E-state index in [1.807, 2.05) is 18.5 Å². The molecule has 0 unspecified atom stereocenters. The van der Waals surface area contributed by atoms with Gasteiger partial charge in [-0.15, -0.1) is 0 Å². The minimum atomic E-state index is 0.507. The van der Waals surface area contributed by atoms with E-state index in [0.29, 0.717) is 5.92 Å². The van der Waals surface area contributed by atoms with Crippen molar-refractivity contribution in [3.8, 4) is 0 Å². The maximum atomic E-state index is 6.15. The average Bonchev–Trinajstić information content (AvgIpc) is 2.53. The molecule has 0 atom stereocenters. The molecule has 1 aromatic rings. The van der Waals surface area contributed by atoms with Gasteiger partial charge in [-0.05, 0) is 18.9 Å². The SMILES string of the molecule is C/C(=C(\Cl)c1cc[nH]c1)C(C)C. The van der Waals surface area contributed by atoms with Gasteiger partial charge in [0.2, 0.25) is 0 Å². The summed E-state index contributed by atoms with van der Waals surface area (Å²) < 4.78 is 0. The molecule has 2 heteroatoms. The Hall–Kier alpha value is -0.690. The van der Waals surface area contributed by atoms with E-state index >= 15 is 0 Å². The highest BCUT2D eigenvalue weighted by Crippen LogP contribution is 2.26. The van der Waals surface area contributed by atoms with Crippen molar-refractivity contribution in [2.45, 2.75) is 20.8 Å². The molecule has 0 amide bonds. The molecule has 1 aromatic heterocycles. The molecule has 0 fully saturated rings. The highest BCUT2D eigenvalue weighted by molar-refractivity contribution is 6.49. The largest absolute Gasteiger partial charge is 0.367 e. The third-order valence-corrected chi connectivity index (χ3v) is 2.58. The standard InChI is InChI=1S/C10H14ClN/c1-7(2)8(3)10(11)9-4-5-12-6-9/h4-7,12H,1-3H3/b10-8+. The molecule has 0 aliphatic carbocycles. The van der Waals surface area contributed by atoms with E-state index in [9.17, 15) is 0 Å². The number of aromatic amines is 1. The van der Waals surface area contributed by atoms with Crippen LogP contribution in [0.15, 0.2) is 24.0 Å². The molecule has 1 heterocycles. The number of nitrogens with one attached hydrogen (secondary N) is 1. The summed E-state index contributed by atoms with van der Waals surface area (Å²) in [6, 6.07) is 1.98. The lowest BCUT2D eigenvalue weighted by atomic mass is 10.0. The molecule has 0 aromatic carbocycles. The van der Waals surface area contributed by atoms with Crippen LogP contribution in [0.25, 0.3) is 5.03 Å². The lowest BCUT2D eigenvalue weighted by molar-refractivity contribution is 0.774. The summed E-state index contributed by atoms with van der Waals surface area (Å²) >= 11 is 6.15. The Morgan fingerprint density at radius 3 is 2.58 bits per heavy atom. The van der Waals surface area contributed by atoms with Crippen LogP contribution in [0.4, 0.5) is 0 Å². The summed E-state index contributed by atoms with van der Waals surface area (Å²) in [6.07, 6.45) is 3.79. The van der Waals surface area contributed by atoms with E-state index in [1.165, 1.54) is 5.57 Å². The normalized spacial score (nSPS) is 13.4. The Morgan fingerprint density at radius 1 is 1.50 bits per heavy atom. The van der Waals surface area contributed by atoms with Crippen LogP contribution in [0.3, 0.4) is 0 Å². The highest BCUT2D eigenvalue weighted by atomic mass is 35.5. The lowest BCUT2D eigenvalue weighted by Gasteiger charge is -2.07. The molecular weight excluding hydrogens is 170 g/mol. The van der Waals surface area contributed by atoms with E-state index in [0.717, 1.165) is 10.6 Å². The molecule has 0 spiro atoms. The monoisotopic (exact) mass is 183 g/mol. The Balaban J connectivity index is 2.97. The first kappa shape index (κ1) is 9.40. The number of H-pyrrole nitrogens is 1. The quantitative estimate of drug-likeness (QED) is 0.721. The smallest absolute Gasteiger partial charge is 0.0485 e. The minimum Gasteiger partial charge on any atom is -0.367 e. The molecule has 0 radical (unpaired) electrons. The summed E-state index contributed by atoms with van der Waals surface area (Å²) in [5.74, 6) is 0.507. The van der Waals surface area contributed by atoms with Gasteiger partial charge in [-0.25, -0.2) is 0 Å². The number of allylic oxidation sites excluding steroid dienone is 1. The molecule has 1 N–H and O–H groups in total. The predicted molar refractivity (Wildman–Crippen MR) is 54.1 cm³/mol. The fraction of sp³-hybridized carbons (Fsp3) is 0.400. The summed E-state index contributed by atoms with van der Waals surface area (Å²) in [5.41, 5.74) is 2.30. The molecule has 12 heavy (non-hydrogen) atoms. The Labute approximate surface area is 78.4 Å². The number of rotatable bonds is 2. The lowest BCUT2D eigenvalue weighted by Crippen LogP contribution is -1.90. The van der Waals surface area contributed by atoms with Crippen molar-refractivity contribution < 1.29 is 0 Å². The van der Waals surface area contributed by atoms with Crippen LogP contribution in [0.5, 0.6) is 0 Å². The average molecular weight is 184 g/mol. The van der Waals surface area contributed by atoms with E-state index < -0.39 is 0 Å². The van der Waals surface area contributed by atoms with Gasteiger partial charge in [0.15, 0.2) is 0 Å². The third-order valence-electron chi connectivity index (χ3n) is 2.06. The van der Waals surface area contributed by atoms with Gasteiger partial charge in [-0.3, -0.25) is 0 Å². The fourth-order valence-electron chi connectivity index (χ4n) is 0.942. The zero-order valence-electron chi connectivity index (χ0n) is 7.69. The van der Waals surface area contributed by atoms with Gasteiger partial charge in [0, 0.05) is 23.0 Å². The molecule has 1 nitrogen and oxygen atoms in total. The number of hydrogen-bond acceptors (Lipinski definition) is 0. The van der Waals surface area contributed by atoms with Gasteiger partial charge in [-0.1, -0.05) is 31.0 Å². The van der Waals surface area contributed by atoms with Crippen molar-refractivity contribution in [1.29, 1.82) is 0 Å². The van der Waals surface area contributed by atoms with Gasteiger partial charge in [0.1, 0.15) is 0 Å². The summed E-state index contributed by atoms with van der Waals surface area (Å²) in [7, 11) is 0. The molecule has 1 rings (SSSR count). The number of aromatic nitrogens is 1. The second-order valence-corrected chi connectivity index (χ2v) is 3.63. The molecule has 0 saturated carbocycles. The van der Waals surface area contributed by atoms with Crippen LogP contribution in [0.2, 0.25) is 0 Å². The Kier molecular flexibility index (Phi) is 2.99. The second kappa shape index (κ2) is 3.81. The maximum Gasteiger partial charge on any atom is 0.0485 e. The van der Waals surface area contributed by atoms with Crippen molar-refractivity contribution in [3.05, 3.63) is 29.6 Å². The first-order valence-corrected chi connectivity index (χ1v) is 4.50. The van der Waals surface area contributed by atoms with E-state index in [4.69, 9.17) is 11.6 Å². The highest BCUT2D eigenvalue weighted by Gasteiger charge is 2.05. The Morgan fingerprint density at radius 2 is 2.17 bits per heavy atom. The summed E-state index contributed by atoms with van der Waals surface area (Å²) in [4.78, 5) is 2.99. The number of hydrogen-bond donors (Lipinski definition) is 1. The second-order valence-electron chi connectivity index (χ2n) is 3.25. The molecule has 66 valence electrons. The van der Waals surface area contributed by atoms with Crippen LogP contribution in [-0.2, 0) is 0 Å². The summed E-state index contributed by atoms with van der Waals surface area (Å²) in [6.45, 7) is 6.36. The van der Waals surface area contributed by atoms with Crippen molar-refractivity contribution in [1.82, 2.24) is 4.98 Å². The van der Waals surface area contributed by atoms with Gasteiger partial charge in [0.25, 0.3) is 0 Å². The molecule has 0 saturated heterocycles. The Bertz CT molecular complexity index is 270. The van der Waals surface area contributed by atoms with Crippen molar-refractivity contribution >= 4 is 16.6 Å². The first-order valence-electron chi connectivity index (χ1n) is 4.12. The summed E-state index contributed by atoms with van der Waals surface area (Å²) in [5, 5.41) is 0.867. The third kappa shape index (κ3) is 1.92. The zero-order chi connectivity index (χ0) is 9.14. The molecule has 0 aliphatic rings. The molecule has 0 aliphatic heterocycles. The maximum absolute atomic E-state index is 6.15. The van der Waals surface area contributed by atoms with Gasteiger partial charge >= 0.3 is 0 Å². The van der Waals surface area contributed by atoms with E-state index in [2.05, 4.69) is 25.8 Å². The van der Waals surface area contributed by atoms with Gasteiger partial charge < -0.3 is 4.98 Å². The van der Waals surface area contributed by atoms with Crippen molar-refractivity contribution in [2.75, 3.05) is 0 Å². The minimum absolute atomic E-state index is 0.507. The van der Waals surface area contributed by atoms with Gasteiger partial charge in [0.05, 0.1) is 0 Å². The topological polar surface area (TPSA) is 15.8 Å². The zero-order valence-corrected chi connectivity index (χ0v) is 8.44. The van der Waals surface area contributed by atoms with E-state index in [-0.39, 0.29) is 0 Å². The van der Waals surface area contributed by atoms with Crippen LogP contribution >= 0.6 is 11.6 Å². The van der Waals surface area contributed by atoms with Crippen LogP contribution in [0, 0.1) is 5.92 Å².